The Hall–Kier alpha value is -3.56. The molecule has 0 fully saturated rings. The van der Waals surface area contributed by atoms with Crippen molar-refractivity contribution in [3.63, 3.8) is 0 Å². The topological polar surface area (TPSA) is 94.2 Å². The van der Waals surface area contributed by atoms with Gasteiger partial charge in [-0.05, 0) is 42.0 Å². The maximum Gasteiger partial charge on any atom is 0.243 e. The van der Waals surface area contributed by atoms with Crippen molar-refractivity contribution >= 4 is 21.6 Å². The predicted molar refractivity (Wildman–Crippen MR) is 123 cm³/mol. The van der Waals surface area contributed by atoms with Crippen molar-refractivity contribution < 1.29 is 27.4 Å². The number of nitrogens with zero attached hydrogens (tertiary/aromatic N) is 1. The first-order valence-electron chi connectivity index (χ1n) is 10.2. The summed E-state index contributed by atoms with van der Waals surface area (Å²) in [5.41, 5.74) is 1.20. The molecule has 4 rings (SSSR count). The Kier molecular flexibility index (Phi) is 6.52. The molecule has 1 heterocycles. The van der Waals surface area contributed by atoms with E-state index in [0.717, 1.165) is 0 Å². The van der Waals surface area contributed by atoms with Crippen LogP contribution in [0.2, 0.25) is 0 Å². The average molecular weight is 469 g/mol. The highest BCUT2D eigenvalue weighted by atomic mass is 32.2. The fourth-order valence-electron chi connectivity index (χ4n) is 3.57. The van der Waals surface area contributed by atoms with Gasteiger partial charge in [-0.15, -0.1) is 0 Å². The van der Waals surface area contributed by atoms with Crippen molar-refractivity contribution in [3.8, 4) is 17.2 Å². The minimum Gasteiger partial charge on any atom is -0.497 e. The first kappa shape index (κ1) is 22.6. The highest BCUT2D eigenvalue weighted by Gasteiger charge is 2.31. The molecule has 0 unspecified atom stereocenters. The molecular weight excluding hydrogens is 444 g/mol. The van der Waals surface area contributed by atoms with Gasteiger partial charge in [0.25, 0.3) is 0 Å². The number of hydrogen-bond acceptors (Lipinski definition) is 6. The molecule has 3 aromatic carbocycles. The number of carbonyl (C=O) groups excluding carboxylic acids is 1. The van der Waals surface area contributed by atoms with Crippen molar-refractivity contribution in [2.24, 2.45) is 0 Å². The number of hydrogen-bond donors (Lipinski definition) is 1. The molecule has 3 aromatic rings. The predicted octanol–water partition coefficient (Wildman–Crippen LogP) is 3.81. The molecule has 0 bridgehead atoms. The number of rotatable bonds is 8. The maximum atomic E-state index is 13.3. The molecule has 1 N–H and O–H groups in total. The summed E-state index contributed by atoms with van der Waals surface area (Å²) in [4.78, 5) is 13.1. The first-order valence-corrected chi connectivity index (χ1v) is 11.7. The summed E-state index contributed by atoms with van der Waals surface area (Å²) in [6.45, 7) is 0.133. The van der Waals surface area contributed by atoms with E-state index in [4.69, 9.17) is 14.2 Å². The van der Waals surface area contributed by atoms with Crippen molar-refractivity contribution in [1.29, 1.82) is 0 Å². The van der Waals surface area contributed by atoms with Gasteiger partial charge in [-0.2, -0.15) is 4.31 Å². The van der Waals surface area contributed by atoms with E-state index >= 15 is 0 Å². The molecule has 0 aromatic heterocycles. The number of nitrogens with one attached hydrogen (secondary N) is 1. The van der Waals surface area contributed by atoms with Crippen molar-refractivity contribution in [2.45, 2.75) is 17.4 Å². The lowest BCUT2D eigenvalue weighted by molar-refractivity contribution is -0.117. The molecule has 0 saturated carbocycles. The van der Waals surface area contributed by atoms with Gasteiger partial charge in [0.2, 0.25) is 22.7 Å². The summed E-state index contributed by atoms with van der Waals surface area (Å²) in [6.07, 6.45) is -0.0939. The summed E-state index contributed by atoms with van der Waals surface area (Å²) in [7, 11) is -0.813. The summed E-state index contributed by atoms with van der Waals surface area (Å²) in [6, 6.07) is 19.5. The number of sulfonamides is 1. The lowest BCUT2D eigenvalue weighted by Gasteiger charge is -2.28. The molecule has 9 heteroatoms. The molecule has 1 aliphatic rings. The van der Waals surface area contributed by atoms with E-state index in [-0.39, 0.29) is 24.0 Å². The minimum absolute atomic E-state index is 0.0939. The van der Waals surface area contributed by atoms with Crippen molar-refractivity contribution in [3.05, 3.63) is 78.4 Å². The van der Waals surface area contributed by atoms with E-state index in [1.165, 1.54) is 23.5 Å². The maximum absolute atomic E-state index is 13.3. The summed E-state index contributed by atoms with van der Waals surface area (Å²) in [5.74, 6) is 1.45. The van der Waals surface area contributed by atoms with Gasteiger partial charge >= 0.3 is 0 Å². The summed E-state index contributed by atoms with van der Waals surface area (Å²) >= 11 is 0. The van der Waals surface area contributed by atoms with Crippen molar-refractivity contribution in [2.75, 3.05) is 26.3 Å². The molecule has 33 heavy (non-hydrogen) atoms. The van der Waals surface area contributed by atoms with Crippen LogP contribution in [0, 0.1) is 0 Å². The van der Waals surface area contributed by atoms with Crippen molar-refractivity contribution in [1.82, 2.24) is 4.31 Å². The Balaban J connectivity index is 1.60. The van der Waals surface area contributed by atoms with E-state index < -0.39 is 16.1 Å². The van der Waals surface area contributed by atoms with Gasteiger partial charge in [0.15, 0.2) is 11.5 Å². The number of ether oxygens (including phenoxy) is 3. The molecular formula is C24H24N2O6S. The van der Waals surface area contributed by atoms with Crippen LogP contribution < -0.4 is 19.5 Å². The second-order valence-corrected chi connectivity index (χ2v) is 9.44. The van der Waals surface area contributed by atoms with Crippen LogP contribution in [0.3, 0.4) is 0 Å². The Morgan fingerprint density at radius 3 is 2.42 bits per heavy atom. The van der Waals surface area contributed by atoms with Gasteiger partial charge in [-0.3, -0.25) is 4.79 Å². The van der Waals surface area contributed by atoms with E-state index in [1.54, 1.807) is 67.8 Å². The molecule has 172 valence electrons. The third-order valence-corrected chi connectivity index (χ3v) is 7.28. The number of fused-ring (bicyclic) bond motifs is 1. The van der Waals surface area contributed by atoms with Crippen LogP contribution in [-0.4, -0.2) is 39.6 Å². The summed E-state index contributed by atoms with van der Waals surface area (Å²) in [5, 5.41) is 2.82. The van der Waals surface area contributed by atoms with Gasteiger partial charge in [0.05, 0.1) is 18.0 Å². The second kappa shape index (κ2) is 9.51. The zero-order valence-corrected chi connectivity index (χ0v) is 19.0. The lowest BCUT2D eigenvalue weighted by atomic mass is 10.0. The number of amides is 1. The smallest absolute Gasteiger partial charge is 0.243 e. The number of methoxy groups -OCH3 is 1. The van der Waals surface area contributed by atoms with E-state index in [1.807, 2.05) is 0 Å². The first-order chi connectivity index (χ1) is 15.9. The standard InChI is InChI=1S/C24H24N2O6S/c1-26(33(28,29)20-6-4-3-5-7-20)21(17-8-11-19(30-2)12-9-17)15-24(27)25-18-10-13-22-23(14-18)32-16-31-22/h3-14,21H,15-16H2,1-2H3,(H,25,27)/t21-/m1/s1. The van der Waals surface area contributed by atoms with Gasteiger partial charge in [0, 0.05) is 25.2 Å². The molecule has 1 atom stereocenters. The SMILES string of the molecule is COc1ccc([C@@H](CC(=O)Nc2ccc3c(c2)OCO3)N(C)S(=O)(=O)c2ccccc2)cc1. The third-order valence-electron chi connectivity index (χ3n) is 5.39. The highest BCUT2D eigenvalue weighted by Crippen LogP contribution is 2.35. The van der Waals surface area contributed by atoms with Crippen LogP contribution in [0.15, 0.2) is 77.7 Å². The van der Waals surface area contributed by atoms with Crippen LogP contribution in [-0.2, 0) is 14.8 Å². The Bertz CT molecular complexity index is 1230. The largest absolute Gasteiger partial charge is 0.497 e. The average Bonchev–Trinajstić information content (AvgIpc) is 3.31. The van der Waals surface area contributed by atoms with Crippen LogP contribution >= 0.6 is 0 Å². The third kappa shape index (κ3) is 4.94. The molecule has 0 saturated heterocycles. The van der Waals surface area contributed by atoms with E-state index in [0.29, 0.717) is 28.5 Å². The van der Waals surface area contributed by atoms with E-state index in [9.17, 15) is 13.2 Å². The van der Waals surface area contributed by atoms with Crippen LogP contribution in [0.25, 0.3) is 0 Å². The van der Waals surface area contributed by atoms with Gasteiger partial charge < -0.3 is 19.5 Å². The van der Waals surface area contributed by atoms with Crippen LogP contribution in [0.1, 0.15) is 18.0 Å². The lowest BCUT2D eigenvalue weighted by Crippen LogP contribution is -2.33. The molecule has 1 amide bonds. The fraction of sp³-hybridized carbons (Fsp3) is 0.208. The molecule has 0 aliphatic carbocycles. The Morgan fingerprint density at radius 2 is 1.73 bits per heavy atom. The van der Waals surface area contributed by atoms with E-state index in [2.05, 4.69) is 5.32 Å². The fourth-order valence-corrected chi connectivity index (χ4v) is 4.94. The zero-order chi connectivity index (χ0) is 23.4. The zero-order valence-electron chi connectivity index (χ0n) is 18.2. The molecule has 0 spiro atoms. The second-order valence-electron chi connectivity index (χ2n) is 7.44. The van der Waals surface area contributed by atoms with Gasteiger partial charge in [0.1, 0.15) is 5.75 Å². The van der Waals surface area contributed by atoms with Gasteiger partial charge in [-0.1, -0.05) is 30.3 Å². The molecule has 0 radical (unpaired) electrons. The number of carbonyl (C=O) groups is 1. The molecule has 1 aliphatic heterocycles. The Morgan fingerprint density at radius 1 is 1.03 bits per heavy atom. The highest BCUT2D eigenvalue weighted by molar-refractivity contribution is 7.89. The number of benzene rings is 3. The minimum atomic E-state index is -3.84. The monoisotopic (exact) mass is 468 g/mol. The normalized spacial score (nSPS) is 13.5. The summed E-state index contributed by atoms with van der Waals surface area (Å²) < 4.78 is 43.6. The van der Waals surface area contributed by atoms with Crippen LogP contribution in [0.4, 0.5) is 5.69 Å². The molecule has 8 nitrogen and oxygen atoms in total. The number of anilines is 1. The Labute approximate surface area is 192 Å². The van der Waals surface area contributed by atoms with Crippen LogP contribution in [0.5, 0.6) is 17.2 Å². The van der Waals surface area contributed by atoms with Gasteiger partial charge in [-0.25, -0.2) is 8.42 Å². The quantitative estimate of drug-likeness (QED) is 0.540.